The smallest absolute Gasteiger partial charge is 0.284 e. The third kappa shape index (κ3) is 2.89. The monoisotopic (exact) mass is 248 g/mol. The highest BCUT2D eigenvalue weighted by molar-refractivity contribution is 5.61. The summed E-state index contributed by atoms with van der Waals surface area (Å²) in [6.07, 6.45) is 0. The lowest BCUT2D eigenvalue weighted by Gasteiger charge is -2.17. The van der Waals surface area contributed by atoms with E-state index in [1.54, 1.807) is 0 Å². The molecule has 17 heavy (non-hydrogen) atoms. The van der Waals surface area contributed by atoms with Crippen molar-refractivity contribution in [2.75, 3.05) is 17.7 Å². The molecule has 2 N–H and O–H groups in total. The Morgan fingerprint density at radius 2 is 1.88 bits per heavy atom. The highest BCUT2D eigenvalue weighted by Gasteiger charge is 2.27. The van der Waals surface area contributed by atoms with Crippen LogP contribution in [0, 0.1) is 11.6 Å². The summed E-state index contributed by atoms with van der Waals surface area (Å²) in [5.74, 6) is -5.21. The van der Waals surface area contributed by atoms with E-state index >= 15 is 0 Å². The number of nitrogens with one attached hydrogen (secondary N) is 2. The zero-order valence-corrected chi connectivity index (χ0v) is 9.37. The van der Waals surface area contributed by atoms with Gasteiger partial charge in [0.1, 0.15) is 11.5 Å². The highest BCUT2D eigenvalue weighted by Crippen LogP contribution is 2.29. The molecule has 1 aromatic carbocycles. The van der Waals surface area contributed by atoms with Crippen LogP contribution in [0.25, 0.3) is 0 Å². The van der Waals surface area contributed by atoms with Gasteiger partial charge in [-0.1, -0.05) is 6.58 Å². The van der Waals surface area contributed by atoms with Crippen molar-refractivity contribution >= 4 is 11.4 Å². The molecule has 2 nitrogen and oxygen atoms in total. The molecule has 0 atom stereocenters. The van der Waals surface area contributed by atoms with Gasteiger partial charge in [-0.05, 0) is 12.1 Å². The van der Waals surface area contributed by atoms with Crippen molar-refractivity contribution in [2.24, 2.45) is 0 Å². The lowest BCUT2D eigenvalue weighted by atomic mass is 10.2. The minimum atomic E-state index is -3.27. The van der Waals surface area contributed by atoms with Crippen LogP contribution in [-0.4, -0.2) is 13.0 Å². The van der Waals surface area contributed by atoms with Crippen molar-refractivity contribution in [3.8, 4) is 0 Å². The van der Waals surface area contributed by atoms with Crippen LogP contribution >= 0.6 is 0 Å². The van der Waals surface area contributed by atoms with Crippen LogP contribution in [0.5, 0.6) is 0 Å². The average Bonchev–Trinajstić information content (AvgIpc) is 2.22. The number of rotatable bonds is 4. The lowest BCUT2D eigenvalue weighted by Crippen LogP contribution is -2.20. The number of hydrogen-bond donors (Lipinski definition) is 2. The molecule has 0 unspecified atom stereocenters. The molecule has 0 aliphatic carbocycles. The SMILES string of the molecule is C=C(Nc1c(F)ccc(NC)c1F)C(C)(F)F. The molecule has 94 valence electrons. The maximum Gasteiger partial charge on any atom is 0.284 e. The highest BCUT2D eigenvalue weighted by atomic mass is 19.3. The predicted octanol–water partition coefficient (Wildman–Crippen LogP) is 3.59. The molecule has 0 radical (unpaired) electrons. The molecule has 0 aliphatic heterocycles. The third-order valence-corrected chi connectivity index (χ3v) is 2.17. The Morgan fingerprint density at radius 1 is 1.29 bits per heavy atom. The first-order valence-electron chi connectivity index (χ1n) is 4.77. The van der Waals surface area contributed by atoms with Gasteiger partial charge >= 0.3 is 0 Å². The van der Waals surface area contributed by atoms with Gasteiger partial charge in [0.25, 0.3) is 5.92 Å². The summed E-state index contributed by atoms with van der Waals surface area (Å²) in [7, 11) is 1.43. The molecule has 0 fully saturated rings. The van der Waals surface area contributed by atoms with Crippen LogP contribution in [0.15, 0.2) is 24.4 Å². The van der Waals surface area contributed by atoms with Crippen molar-refractivity contribution in [3.05, 3.63) is 36.0 Å². The quantitative estimate of drug-likeness (QED) is 0.796. The maximum atomic E-state index is 13.6. The van der Waals surface area contributed by atoms with Crippen LogP contribution in [0.1, 0.15) is 6.92 Å². The number of benzene rings is 1. The molecule has 0 spiro atoms. The molecule has 1 rings (SSSR count). The largest absolute Gasteiger partial charge is 0.386 e. The summed E-state index contributed by atoms with van der Waals surface area (Å²) in [4.78, 5) is 0. The summed E-state index contributed by atoms with van der Waals surface area (Å²) >= 11 is 0. The summed E-state index contributed by atoms with van der Waals surface area (Å²) in [6.45, 7) is 3.63. The molecule has 0 heterocycles. The fraction of sp³-hybridized carbons (Fsp3) is 0.273. The Bertz CT molecular complexity index is 438. The average molecular weight is 248 g/mol. The predicted molar refractivity (Wildman–Crippen MR) is 59.3 cm³/mol. The second kappa shape index (κ2) is 4.65. The molecular formula is C11H12F4N2. The molecule has 0 aromatic heterocycles. The zero-order chi connectivity index (χ0) is 13.2. The van der Waals surface area contributed by atoms with Crippen molar-refractivity contribution < 1.29 is 17.6 Å². The summed E-state index contributed by atoms with van der Waals surface area (Å²) < 4.78 is 52.6. The van der Waals surface area contributed by atoms with Crippen LogP contribution in [0.4, 0.5) is 28.9 Å². The van der Waals surface area contributed by atoms with Crippen LogP contribution < -0.4 is 10.6 Å². The Kier molecular flexibility index (Phi) is 3.65. The second-order valence-corrected chi connectivity index (χ2v) is 3.53. The first kappa shape index (κ1) is 13.3. The zero-order valence-electron chi connectivity index (χ0n) is 9.37. The normalized spacial score (nSPS) is 11.2. The van der Waals surface area contributed by atoms with Gasteiger partial charge in [0.2, 0.25) is 0 Å². The van der Waals surface area contributed by atoms with E-state index in [0.29, 0.717) is 6.92 Å². The Labute approximate surface area is 96.3 Å². The summed E-state index contributed by atoms with van der Waals surface area (Å²) in [5, 5.41) is 4.43. The lowest BCUT2D eigenvalue weighted by molar-refractivity contribution is 0.0653. The van der Waals surface area contributed by atoms with E-state index in [1.807, 2.05) is 5.32 Å². The fourth-order valence-electron chi connectivity index (χ4n) is 1.12. The third-order valence-electron chi connectivity index (χ3n) is 2.17. The van der Waals surface area contributed by atoms with Crippen LogP contribution in [-0.2, 0) is 0 Å². The first-order chi connectivity index (χ1) is 7.77. The van der Waals surface area contributed by atoms with Crippen molar-refractivity contribution in [3.63, 3.8) is 0 Å². The summed E-state index contributed by atoms with van der Waals surface area (Å²) in [6, 6.07) is 2.14. The van der Waals surface area contributed by atoms with Crippen molar-refractivity contribution in [1.82, 2.24) is 0 Å². The van der Waals surface area contributed by atoms with E-state index in [9.17, 15) is 17.6 Å². The first-order valence-corrected chi connectivity index (χ1v) is 4.77. The van der Waals surface area contributed by atoms with Gasteiger partial charge in [-0.3, -0.25) is 0 Å². The minimum Gasteiger partial charge on any atom is -0.386 e. The van der Waals surface area contributed by atoms with Gasteiger partial charge in [0.05, 0.1) is 11.4 Å². The van der Waals surface area contributed by atoms with E-state index in [1.165, 1.54) is 13.1 Å². The summed E-state index contributed by atoms with van der Waals surface area (Å²) in [5.41, 5.74) is -1.42. The molecule has 1 aromatic rings. The van der Waals surface area contributed by atoms with E-state index in [0.717, 1.165) is 6.07 Å². The molecule has 6 heteroatoms. The number of hydrogen-bond acceptors (Lipinski definition) is 2. The standard InChI is InChI=1S/C11H12F4N2/c1-6(11(2,14)15)17-10-7(12)4-5-8(16-3)9(10)13/h4-5,16-17H,1H2,2-3H3. The van der Waals surface area contributed by atoms with E-state index in [2.05, 4.69) is 11.9 Å². The number of alkyl halides is 2. The van der Waals surface area contributed by atoms with Crippen molar-refractivity contribution in [2.45, 2.75) is 12.8 Å². The van der Waals surface area contributed by atoms with Crippen LogP contribution in [0.3, 0.4) is 0 Å². The fourth-order valence-corrected chi connectivity index (χ4v) is 1.12. The van der Waals surface area contributed by atoms with Gasteiger partial charge in [0, 0.05) is 14.0 Å². The van der Waals surface area contributed by atoms with Crippen molar-refractivity contribution in [1.29, 1.82) is 0 Å². The van der Waals surface area contributed by atoms with Gasteiger partial charge in [0.15, 0.2) is 5.82 Å². The molecule has 0 saturated carbocycles. The molecule has 0 saturated heterocycles. The Balaban J connectivity index is 3.10. The molecule has 0 amide bonds. The van der Waals surface area contributed by atoms with Gasteiger partial charge in [-0.15, -0.1) is 0 Å². The van der Waals surface area contributed by atoms with E-state index in [4.69, 9.17) is 0 Å². The number of anilines is 2. The molecule has 0 bridgehead atoms. The van der Waals surface area contributed by atoms with Crippen LogP contribution in [0.2, 0.25) is 0 Å². The Morgan fingerprint density at radius 3 is 2.35 bits per heavy atom. The second-order valence-electron chi connectivity index (χ2n) is 3.53. The maximum absolute atomic E-state index is 13.6. The van der Waals surface area contributed by atoms with Gasteiger partial charge in [-0.2, -0.15) is 0 Å². The Hall–Kier alpha value is -1.72. The molecular weight excluding hydrogens is 236 g/mol. The van der Waals surface area contributed by atoms with Gasteiger partial charge in [-0.25, -0.2) is 17.6 Å². The minimum absolute atomic E-state index is 0.00104. The number of halogens is 4. The van der Waals surface area contributed by atoms with Gasteiger partial charge < -0.3 is 10.6 Å². The molecule has 0 aliphatic rings. The topological polar surface area (TPSA) is 24.1 Å². The van der Waals surface area contributed by atoms with E-state index < -0.39 is 28.9 Å². The van der Waals surface area contributed by atoms with E-state index in [-0.39, 0.29) is 5.69 Å². The number of allylic oxidation sites excluding steroid dienone is 1.